The number of phosphoric ester groups is 2. The summed E-state index contributed by atoms with van der Waals surface area (Å²) >= 11 is 0. The summed E-state index contributed by atoms with van der Waals surface area (Å²) in [5, 5.41) is 10.6. The number of unbranched alkanes of at least 4 members (excludes halogenated alkanes) is 44. The molecule has 0 aliphatic rings. The Hall–Kier alpha value is -1.94. The molecule has 5 atom stereocenters. The van der Waals surface area contributed by atoms with Gasteiger partial charge in [-0.05, 0) is 31.6 Å². The van der Waals surface area contributed by atoms with Crippen molar-refractivity contribution in [3.05, 3.63) is 0 Å². The molecule has 0 heterocycles. The van der Waals surface area contributed by atoms with E-state index in [2.05, 4.69) is 34.6 Å². The van der Waals surface area contributed by atoms with E-state index in [0.29, 0.717) is 25.7 Å². The normalized spacial score (nSPS) is 14.0. The van der Waals surface area contributed by atoms with Gasteiger partial charge in [0.25, 0.3) is 0 Å². The molecule has 0 radical (unpaired) electrons. The summed E-state index contributed by atoms with van der Waals surface area (Å²) in [6, 6.07) is 0. The minimum absolute atomic E-state index is 0.104. The minimum atomic E-state index is -4.95. The Morgan fingerprint density at radius 1 is 0.297 bits per heavy atom. The van der Waals surface area contributed by atoms with Crippen molar-refractivity contribution in [2.45, 2.75) is 393 Å². The number of rotatable bonds is 72. The Balaban J connectivity index is 5.13. The Morgan fingerprint density at radius 3 is 0.747 bits per heavy atom. The fourth-order valence-corrected chi connectivity index (χ4v) is 12.6. The molecule has 0 aromatic rings. The molecule has 0 aromatic heterocycles. The SMILES string of the molecule is CCCCCCCCCCCCCCCCCCCCCCC(=O)O[C@H](COC(=O)CCCCCCCCCCCCCCCCC)COP(=O)(O)OC[C@@H](O)COP(=O)(O)OC[C@@H](COC(=O)CCCCCCC)OC(=O)CCCCCCCCCCC(C)C. The molecule has 0 amide bonds. The lowest BCUT2D eigenvalue weighted by Gasteiger charge is -2.21. The van der Waals surface area contributed by atoms with E-state index in [4.69, 9.17) is 37.0 Å². The first-order valence-corrected chi connectivity index (χ1v) is 40.6. The Morgan fingerprint density at radius 2 is 0.505 bits per heavy atom. The lowest BCUT2D eigenvalue weighted by molar-refractivity contribution is -0.161. The molecule has 17 nitrogen and oxygen atoms in total. The smallest absolute Gasteiger partial charge is 0.462 e. The van der Waals surface area contributed by atoms with E-state index in [1.807, 2.05) is 0 Å². The van der Waals surface area contributed by atoms with Crippen molar-refractivity contribution in [3.63, 3.8) is 0 Å². The Kier molecular flexibility index (Phi) is 64.0. The summed E-state index contributed by atoms with van der Waals surface area (Å²) in [6.07, 6.45) is 53.3. The van der Waals surface area contributed by atoms with Crippen LogP contribution >= 0.6 is 15.6 Å². The minimum Gasteiger partial charge on any atom is -0.462 e. The van der Waals surface area contributed by atoms with Crippen molar-refractivity contribution in [1.82, 2.24) is 0 Å². The van der Waals surface area contributed by atoms with E-state index in [9.17, 15) is 43.2 Å². The van der Waals surface area contributed by atoms with Crippen molar-refractivity contribution < 1.29 is 80.2 Å². The predicted molar refractivity (Wildman–Crippen MR) is 368 cm³/mol. The fraction of sp³-hybridized carbons (Fsp3) is 0.944. The number of ether oxygens (including phenoxy) is 4. The summed E-state index contributed by atoms with van der Waals surface area (Å²) in [4.78, 5) is 72.3. The van der Waals surface area contributed by atoms with Gasteiger partial charge in [-0.3, -0.25) is 37.3 Å². The average Bonchev–Trinajstić information content (AvgIpc) is 3.64. The number of aliphatic hydroxyl groups excluding tert-OH is 1. The van der Waals surface area contributed by atoms with Gasteiger partial charge in [0.2, 0.25) is 0 Å². The largest absolute Gasteiger partial charge is 0.472 e. The molecule has 0 rings (SSSR count). The number of esters is 4. The summed E-state index contributed by atoms with van der Waals surface area (Å²) < 4.78 is 68.1. The molecule has 0 saturated heterocycles. The molecule has 540 valence electrons. The fourth-order valence-electron chi connectivity index (χ4n) is 11.0. The monoisotopic (exact) mass is 1340 g/mol. The van der Waals surface area contributed by atoms with Crippen molar-refractivity contribution in [2.24, 2.45) is 5.92 Å². The zero-order valence-corrected chi connectivity index (χ0v) is 60.8. The first-order valence-electron chi connectivity index (χ1n) is 37.6. The average molecular weight is 1340 g/mol. The molecule has 0 fully saturated rings. The van der Waals surface area contributed by atoms with E-state index in [-0.39, 0.29) is 25.7 Å². The van der Waals surface area contributed by atoms with Crippen LogP contribution in [0.25, 0.3) is 0 Å². The van der Waals surface area contributed by atoms with E-state index < -0.39 is 97.5 Å². The van der Waals surface area contributed by atoms with Crippen molar-refractivity contribution in [2.75, 3.05) is 39.6 Å². The van der Waals surface area contributed by atoms with Crippen LogP contribution in [-0.4, -0.2) is 96.7 Å². The summed E-state index contributed by atoms with van der Waals surface area (Å²) in [5.74, 6) is -1.41. The zero-order valence-electron chi connectivity index (χ0n) is 59.0. The van der Waals surface area contributed by atoms with Crippen LogP contribution in [0.3, 0.4) is 0 Å². The van der Waals surface area contributed by atoms with Crippen LogP contribution in [0.5, 0.6) is 0 Å². The maximum Gasteiger partial charge on any atom is 0.472 e. The Bertz CT molecular complexity index is 1750. The van der Waals surface area contributed by atoms with Gasteiger partial charge in [0.1, 0.15) is 19.3 Å². The molecule has 0 aromatic carbocycles. The standard InChI is InChI=1S/C72H140O17P2/c1-6-9-12-15-17-19-21-23-25-26-27-28-29-31-33-35-37-42-47-52-57-71(76)89-68(62-83-70(75)56-51-46-41-36-34-32-30-24-22-20-18-16-13-10-7-2)64-87-91(80,81)85-60-66(73)59-84-90(78,79)86-63-67(61-82-69(74)55-50-44-14-11-8-3)88-72(77)58-53-48-43-39-38-40-45-49-54-65(4)5/h65-68,73H,6-64H2,1-5H3,(H,78,79)(H,80,81)/t66-,67+,68+/m0/s1. The molecule has 0 aliphatic carbocycles. The number of carbonyl (C=O) groups excluding carboxylic acids is 4. The molecular weight excluding hydrogens is 1200 g/mol. The van der Waals surface area contributed by atoms with Crippen LogP contribution in [0.4, 0.5) is 0 Å². The second-order valence-electron chi connectivity index (χ2n) is 26.5. The second kappa shape index (κ2) is 65.4. The van der Waals surface area contributed by atoms with Crippen molar-refractivity contribution >= 4 is 39.5 Å². The molecule has 3 N–H and O–H groups in total. The molecule has 0 bridgehead atoms. The quantitative estimate of drug-likeness (QED) is 0.0222. The van der Waals surface area contributed by atoms with Crippen molar-refractivity contribution in [3.8, 4) is 0 Å². The van der Waals surface area contributed by atoms with Crippen LogP contribution in [0.1, 0.15) is 375 Å². The number of hydrogen-bond acceptors (Lipinski definition) is 15. The lowest BCUT2D eigenvalue weighted by atomic mass is 10.0. The molecule has 0 aliphatic heterocycles. The van der Waals surface area contributed by atoms with Crippen LogP contribution < -0.4 is 0 Å². The first kappa shape index (κ1) is 89.1. The highest BCUT2D eigenvalue weighted by Gasteiger charge is 2.30. The van der Waals surface area contributed by atoms with Gasteiger partial charge in [-0.2, -0.15) is 0 Å². The van der Waals surface area contributed by atoms with Gasteiger partial charge in [0.15, 0.2) is 12.2 Å². The maximum atomic E-state index is 13.0. The van der Waals surface area contributed by atoms with E-state index >= 15 is 0 Å². The summed E-state index contributed by atoms with van der Waals surface area (Å²) in [6.45, 7) is 7.13. The zero-order chi connectivity index (χ0) is 67.0. The second-order valence-corrected chi connectivity index (χ2v) is 29.4. The summed E-state index contributed by atoms with van der Waals surface area (Å²) in [5.41, 5.74) is 0. The van der Waals surface area contributed by atoms with Gasteiger partial charge in [-0.1, -0.05) is 324 Å². The lowest BCUT2D eigenvalue weighted by Crippen LogP contribution is -2.30. The third-order valence-corrected chi connectivity index (χ3v) is 18.7. The Labute approximate surface area is 556 Å². The molecule has 0 spiro atoms. The van der Waals surface area contributed by atoms with Crippen LogP contribution in [0.15, 0.2) is 0 Å². The third kappa shape index (κ3) is 66.5. The van der Waals surface area contributed by atoms with Gasteiger partial charge in [0.05, 0.1) is 26.4 Å². The van der Waals surface area contributed by atoms with Crippen LogP contribution in [0, 0.1) is 5.92 Å². The van der Waals surface area contributed by atoms with Gasteiger partial charge >= 0.3 is 39.5 Å². The number of phosphoric acid groups is 2. The highest BCUT2D eigenvalue weighted by atomic mass is 31.2. The molecular formula is C72H140O17P2. The number of hydrogen-bond donors (Lipinski definition) is 3. The number of aliphatic hydroxyl groups is 1. The molecule has 91 heavy (non-hydrogen) atoms. The van der Waals surface area contributed by atoms with E-state index in [1.54, 1.807) is 0 Å². The van der Waals surface area contributed by atoms with Gasteiger partial charge < -0.3 is 33.8 Å². The van der Waals surface area contributed by atoms with Gasteiger partial charge in [-0.15, -0.1) is 0 Å². The highest BCUT2D eigenvalue weighted by molar-refractivity contribution is 7.47. The summed E-state index contributed by atoms with van der Waals surface area (Å²) in [7, 11) is -9.89. The topological polar surface area (TPSA) is 237 Å². The highest BCUT2D eigenvalue weighted by Crippen LogP contribution is 2.45. The van der Waals surface area contributed by atoms with E-state index in [1.165, 1.54) is 193 Å². The molecule has 2 unspecified atom stereocenters. The van der Waals surface area contributed by atoms with Gasteiger partial charge in [-0.25, -0.2) is 9.13 Å². The van der Waals surface area contributed by atoms with Crippen LogP contribution in [-0.2, 0) is 65.4 Å². The van der Waals surface area contributed by atoms with E-state index in [0.717, 1.165) is 102 Å². The maximum absolute atomic E-state index is 13.0. The first-order chi connectivity index (χ1) is 44.0. The molecule has 0 saturated carbocycles. The van der Waals surface area contributed by atoms with Gasteiger partial charge in [0, 0.05) is 25.7 Å². The number of carbonyl (C=O) groups is 4. The predicted octanol–water partition coefficient (Wildman–Crippen LogP) is 20.9. The van der Waals surface area contributed by atoms with Crippen molar-refractivity contribution in [1.29, 1.82) is 0 Å². The third-order valence-electron chi connectivity index (χ3n) is 16.8. The molecule has 19 heteroatoms. The van der Waals surface area contributed by atoms with Crippen LogP contribution in [0.2, 0.25) is 0 Å².